The van der Waals surface area contributed by atoms with Crippen LogP contribution in [0.3, 0.4) is 0 Å². The predicted octanol–water partition coefficient (Wildman–Crippen LogP) is 1.84. The van der Waals surface area contributed by atoms with Crippen LogP contribution < -0.4 is 11.1 Å². The molecule has 2 rings (SSSR count). The molecule has 18 heavy (non-hydrogen) atoms. The van der Waals surface area contributed by atoms with Crippen LogP contribution in [0.1, 0.15) is 12.0 Å². The summed E-state index contributed by atoms with van der Waals surface area (Å²) in [6, 6.07) is 7.49. The third-order valence-electron chi connectivity index (χ3n) is 2.69. The number of imidazole rings is 1. The molecule has 1 aromatic carbocycles. The number of nitrogens with zero attached hydrogens (tertiary/aromatic N) is 3. The number of para-hydroxylation sites is 1. The highest BCUT2D eigenvalue weighted by molar-refractivity contribution is 5.72. The molecule has 0 radical (unpaired) electrons. The molecule has 0 aliphatic rings. The van der Waals surface area contributed by atoms with E-state index in [0.717, 1.165) is 25.2 Å². The number of nitrogen functional groups attached to an aromatic ring is 1. The van der Waals surface area contributed by atoms with Gasteiger partial charge >= 0.3 is 0 Å². The van der Waals surface area contributed by atoms with Crippen molar-refractivity contribution in [3.8, 4) is 6.07 Å². The number of hydrogen-bond donors (Lipinski definition) is 2. The van der Waals surface area contributed by atoms with Crippen molar-refractivity contribution < 1.29 is 0 Å². The number of benzene rings is 1. The van der Waals surface area contributed by atoms with Crippen LogP contribution in [0.2, 0.25) is 0 Å². The van der Waals surface area contributed by atoms with Crippen LogP contribution in [0.5, 0.6) is 0 Å². The minimum Gasteiger partial charge on any atom is -0.396 e. The number of aryl methyl sites for hydroxylation is 1. The summed E-state index contributed by atoms with van der Waals surface area (Å²) < 4.78 is 2.02. The summed E-state index contributed by atoms with van der Waals surface area (Å²) in [5, 5.41) is 12.1. The van der Waals surface area contributed by atoms with E-state index in [0.29, 0.717) is 11.3 Å². The molecule has 1 heterocycles. The van der Waals surface area contributed by atoms with Gasteiger partial charge in [-0.1, -0.05) is 6.07 Å². The fourth-order valence-electron chi connectivity index (χ4n) is 1.72. The molecule has 5 nitrogen and oxygen atoms in total. The maximum Gasteiger partial charge on any atom is 0.101 e. The molecule has 1 aromatic heterocycles. The summed E-state index contributed by atoms with van der Waals surface area (Å²) in [7, 11) is 0. The van der Waals surface area contributed by atoms with Crippen LogP contribution in [0.15, 0.2) is 36.9 Å². The van der Waals surface area contributed by atoms with Crippen LogP contribution in [-0.2, 0) is 6.54 Å². The first-order valence-electron chi connectivity index (χ1n) is 5.79. The van der Waals surface area contributed by atoms with Crippen molar-refractivity contribution >= 4 is 11.4 Å². The van der Waals surface area contributed by atoms with Crippen molar-refractivity contribution in [3.63, 3.8) is 0 Å². The highest BCUT2D eigenvalue weighted by Crippen LogP contribution is 2.21. The fraction of sp³-hybridized carbons (Fsp3) is 0.231. The zero-order valence-electron chi connectivity index (χ0n) is 10.0. The number of nitrogens with one attached hydrogen (secondary N) is 1. The Bertz CT molecular complexity index is 539. The second-order valence-electron chi connectivity index (χ2n) is 3.96. The SMILES string of the molecule is N#Cc1cccc(NCCCn2ccnc2)c1N. The minimum absolute atomic E-state index is 0.509. The molecular weight excluding hydrogens is 226 g/mol. The van der Waals surface area contributed by atoms with Gasteiger partial charge in [-0.25, -0.2) is 4.98 Å². The molecule has 0 bridgehead atoms. The summed E-state index contributed by atoms with van der Waals surface area (Å²) >= 11 is 0. The second-order valence-corrected chi connectivity index (χ2v) is 3.96. The lowest BCUT2D eigenvalue weighted by atomic mass is 10.1. The van der Waals surface area contributed by atoms with E-state index in [1.54, 1.807) is 18.6 Å². The highest BCUT2D eigenvalue weighted by Gasteiger charge is 2.03. The molecule has 5 heteroatoms. The third-order valence-corrected chi connectivity index (χ3v) is 2.69. The Balaban J connectivity index is 1.85. The standard InChI is InChI=1S/C13H15N5/c14-9-11-3-1-4-12(13(11)15)17-5-2-7-18-8-6-16-10-18/h1,3-4,6,8,10,17H,2,5,7,15H2. The summed E-state index contributed by atoms with van der Waals surface area (Å²) in [5.41, 5.74) is 7.71. The summed E-state index contributed by atoms with van der Waals surface area (Å²) in [6.45, 7) is 1.71. The van der Waals surface area contributed by atoms with E-state index < -0.39 is 0 Å². The van der Waals surface area contributed by atoms with E-state index in [-0.39, 0.29) is 0 Å². The molecule has 2 aromatic rings. The topological polar surface area (TPSA) is 79.7 Å². The van der Waals surface area contributed by atoms with E-state index in [9.17, 15) is 0 Å². The van der Waals surface area contributed by atoms with Gasteiger partial charge in [-0.15, -0.1) is 0 Å². The molecule has 0 aliphatic carbocycles. The zero-order valence-corrected chi connectivity index (χ0v) is 10.0. The Morgan fingerprint density at radius 3 is 3.06 bits per heavy atom. The highest BCUT2D eigenvalue weighted by atomic mass is 15.0. The first-order valence-corrected chi connectivity index (χ1v) is 5.79. The molecule has 0 atom stereocenters. The molecule has 0 fully saturated rings. The largest absolute Gasteiger partial charge is 0.396 e. The van der Waals surface area contributed by atoms with E-state index in [2.05, 4.69) is 16.4 Å². The summed E-state index contributed by atoms with van der Waals surface area (Å²) in [5.74, 6) is 0. The van der Waals surface area contributed by atoms with Gasteiger partial charge in [0.1, 0.15) is 6.07 Å². The Morgan fingerprint density at radius 1 is 1.44 bits per heavy atom. The van der Waals surface area contributed by atoms with Crippen molar-refractivity contribution in [2.45, 2.75) is 13.0 Å². The van der Waals surface area contributed by atoms with Crippen molar-refractivity contribution in [2.24, 2.45) is 0 Å². The lowest BCUT2D eigenvalue weighted by Crippen LogP contribution is -2.08. The quantitative estimate of drug-likeness (QED) is 0.618. The van der Waals surface area contributed by atoms with Gasteiger partial charge in [0.05, 0.1) is 23.3 Å². The van der Waals surface area contributed by atoms with E-state index >= 15 is 0 Å². The zero-order chi connectivity index (χ0) is 12.8. The van der Waals surface area contributed by atoms with E-state index in [1.165, 1.54) is 0 Å². The van der Waals surface area contributed by atoms with Gasteiger partial charge in [-0.05, 0) is 18.6 Å². The van der Waals surface area contributed by atoms with Crippen molar-refractivity contribution in [1.29, 1.82) is 5.26 Å². The first kappa shape index (κ1) is 12.0. The maximum atomic E-state index is 8.87. The first-order chi connectivity index (χ1) is 8.81. The van der Waals surface area contributed by atoms with Crippen molar-refractivity contribution in [2.75, 3.05) is 17.6 Å². The Morgan fingerprint density at radius 2 is 2.33 bits per heavy atom. The lowest BCUT2D eigenvalue weighted by Gasteiger charge is -2.10. The van der Waals surface area contributed by atoms with Gasteiger partial charge in [0.15, 0.2) is 0 Å². The summed E-state index contributed by atoms with van der Waals surface area (Å²) in [6.07, 6.45) is 6.46. The smallest absolute Gasteiger partial charge is 0.101 e. The number of nitrogens with two attached hydrogens (primary N) is 1. The molecule has 0 aliphatic heterocycles. The van der Waals surface area contributed by atoms with Crippen molar-refractivity contribution in [3.05, 3.63) is 42.5 Å². The van der Waals surface area contributed by atoms with Crippen LogP contribution >= 0.6 is 0 Å². The van der Waals surface area contributed by atoms with E-state index in [4.69, 9.17) is 11.0 Å². The van der Waals surface area contributed by atoms with Gasteiger partial charge in [0.2, 0.25) is 0 Å². The Hall–Kier alpha value is -2.48. The van der Waals surface area contributed by atoms with Crippen LogP contribution in [0.4, 0.5) is 11.4 Å². The van der Waals surface area contributed by atoms with Crippen LogP contribution in [0.25, 0.3) is 0 Å². The summed E-state index contributed by atoms with van der Waals surface area (Å²) in [4.78, 5) is 3.98. The van der Waals surface area contributed by atoms with Gasteiger partial charge in [-0.3, -0.25) is 0 Å². The molecule has 0 saturated heterocycles. The maximum absolute atomic E-state index is 8.87. The van der Waals surface area contributed by atoms with Gasteiger partial charge in [0, 0.05) is 25.5 Å². The van der Waals surface area contributed by atoms with Crippen LogP contribution in [0, 0.1) is 11.3 Å². The fourth-order valence-corrected chi connectivity index (χ4v) is 1.72. The molecule has 0 amide bonds. The molecule has 0 saturated carbocycles. The number of rotatable bonds is 5. The van der Waals surface area contributed by atoms with E-state index in [1.807, 2.05) is 22.9 Å². The monoisotopic (exact) mass is 241 g/mol. The normalized spacial score (nSPS) is 9.94. The Labute approximate surface area is 106 Å². The van der Waals surface area contributed by atoms with Gasteiger partial charge in [-0.2, -0.15) is 5.26 Å². The average molecular weight is 241 g/mol. The number of anilines is 2. The van der Waals surface area contributed by atoms with Gasteiger partial charge in [0.25, 0.3) is 0 Å². The second kappa shape index (κ2) is 5.73. The molecule has 0 unspecified atom stereocenters. The lowest BCUT2D eigenvalue weighted by molar-refractivity contribution is 0.661. The van der Waals surface area contributed by atoms with Crippen LogP contribution in [-0.4, -0.2) is 16.1 Å². The van der Waals surface area contributed by atoms with Crippen molar-refractivity contribution in [1.82, 2.24) is 9.55 Å². The molecule has 0 spiro atoms. The minimum atomic E-state index is 0.509. The number of aromatic nitrogens is 2. The number of nitriles is 1. The third kappa shape index (κ3) is 2.80. The Kier molecular flexibility index (Phi) is 3.82. The predicted molar refractivity (Wildman–Crippen MR) is 70.9 cm³/mol. The molecule has 92 valence electrons. The average Bonchev–Trinajstić information content (AvgIpc) is 2.89. The molecular formula is C13H15N5. The van der Waals surface area contributed by atoms with Gasteiger partial charge < -0.3 is 15.6 Å². The molecule has 3 N–H and O–H groups in total. The number of hydrogen-bond acceptors (Lipinski definition) is 4.